The van der Waals surface area contributed by atoms with Gasteiger partial charge in [-0.1, -0.05) is 12.1 Å². The molecule has 0 aromatic heterocycles. The molecular weight excluding hydrogens is 354 g/mol. The Kier molecular flexibility index (Phi) is 9.10. The summed E-state index contributed by atoms with van der Waals surface area (Å²) < 4.78 is 28.6. The SMILES string of the molecule is CN(CC(=O)O)C1CCCN(Cc2ccc(OC(F)F)cc2)CC1.Cl. The molecule has 0 radical (unpaired) electrons. The van der Waals surface area contributed by atoms with Crippen LogP contribution in [0.15, 0.2) is 24.3 Å². The second-order valence-electron chi connectivity index (χ2n) is 6.19. The van der Waals surface area contributed by atoms with Crippen LogP contribution in [-0.2, 0) is 11.3 Å². The molecule has 0 amide bonds. The molecule has 1 N–H and O–H groups in total. The van der Waals surface area contributed by atoms with Gasteiger partial charge in [-0.2, -0.15) is 8.78 Å². The average Bonchev–Trinajstić information content (AvgIpc) is 2.74. The Labute approximate surface area is 153 Å². The van der Waals surface area contributed by atoms with Crippen molar-refractivity contribution < 1.29 is 23.4 Å². The van der Waals surface area contributed by atoms with Crippen LogP contribution in [0.2, 0.25) is 0 Å². The van der Waals surface area contributed by atoms with Gasteiger partial charge < -0.3 is 9.84 Å². The normalized spacial score (nSPS) is 18.7. The van der Waals surface area contributed by atoms with Gasteiger partial charge in [0.2, 0.25) is 0 Å². The highest BCUT2D eigenvalue weighted by Crippen LogP contribution is 2.19. The fourth-order valence-corrected chi connectivity index (χ4v) is 3.11. The molecule has 1 unspecified atom stereocenters. The van der Waals surface area contributed by atoms with Gasteiger partial charge in [-0.3, -0.25) is 14.6 Å². The van der Waals surface area contributed by atoms with Gasteiger partial charge in [-0.25, -0.2) is 0 Å². The Morgan fingerprint density at radius 1 is 1.32 bits per heavy atom. The fourth-order valence-electron chi connectivity index (χ4n) is 3.11. The maximum Gasteiger partial charge on any atom is 0.387 e. The van der Waals surface area contributed by atoms with E-state index < -0.39 is 12.6 Å². The largest absolute Gasteiger partial charge is 0.480 e. The molecule has 1 aliphatic heterocycles. The molecule has 142 valence electrons. The highest BCUT2D eigenvalue weighted by atomic mass is 35.5. The number of hydrogen-bond acceptors (Lipinski definition) is 4. The van der Waals surface area contributed by atoms with Crippen molar-refractivity contribution in [3.63, 3.8) is 0 Å². The maximum atomic E-state index is 12.1. The molecule has 5 nitrogen and oxygen atoms in total. The minimum atomic E-state index is -2.80. The number of nitrogens with zero attached hydrogens (tertiary/aromatic N) is 2. The lowest BCUT2D eigenvalue weighted by molar-refractivity contribution is -0.138. The van der Waals surface area contributed by atoms with Crippen LogP contribution in [-0.4, -0.2) is 60.2 Å². The summed E-state index contributed by atoms with van der Waals surface area (Å²) >= 11 is 0. The molecule has 1 aliphatic rings. The van der Waals surface area contributed by atoms with E-state index in [1.807, 2.05) is 11.9 Å². The lowest BCUT2D eigenvalue weighted by Gasteiger charge is -2.25. The zero-order valence-electron chi connectivity index (χ0n) is 14.2. The van der Waals surface area contributed by atoms with Crippen molar-refractivity contribution in [3.05, 3.63) is 29.8 Å². The quantitative estimate of drug-likeness (QED) is 0.790. The van der Waals surface area contributed by atoms with E-state index in [1.54, 1.807) is 24.3 Å². The third kappa shape index (κ3) is 7.54. The number of halogens is 3. The molecule has 1 atom stereocenters. The average molecular weight is 379 g/mol. The van der Waals surface area contributed by atoms with E-state index in [2.05, 4.69) is 9.64 Å². The Morgan fingerprint density at radius 2 is 2.00 bits per heavy atom. The number of hydrogen-bond donors (Lipinski definition) is 1. The third-order valence-electron chi connectivity index (χ3n) is 4.35. The second-order valence-corrected chi connectivity index (χ2v) is 6.19. The second kappa shape index (κ2) is 10.5. The fraction of sp³-hybridized carbons (Fsp3) is 0.588. The van der Waals surface area contributed by atoms with Crippen LogP contribution in [0.1, 0.15) is 24.8 Å². The van der Waals surface area contributed by atoms with Crippen LogP contribution in [0.25, 0.3) is 0 Å². The van der Waals surface area contributed by atoms with Crippen LogP contribution in [0.5, 0.6) is 5.75 Å². The highest BCUT2D eigenvalue weighted by molar-refractivity contribution is 5.85. The number of benzene rings is 1. The molecule has 1 aromatic rings. The number of likely N-dealkylation sites (N-methyl/N-ethyl adjacent to an activating group) is 1. The van der Waals surface area contributed by atoms with Gasteiger partial charge in [-0.05, 0) is 57.1 Å². The maximum absolute atomic E-state index is 12.1. The molecule has 1 heterocycles. The van der Waals surface area contributed by atoms with Gasteiger partial charge in [0.05, 0.1) is 6.54 Å². The Balaban J connectivity index is 0.00000312. The number of likely N-dealkylation sites (tertiary alicyclic amines) is 1. The van der Waals surface area contributed by atoms with Gasteiger partial charge >= 0.3 is 12.6 Å². The van der Waals surface area contributed by atoms with Gasteiger partial charge in [-0.15, -0.1) is 12.4 Å². The van der Waals surface area contributed by atoms with E-state index in [9.17, 15) is 13.6 Å². The lowest BCUT2D eigenvalue weighted by atomic mass is 10.1. The molecule has 0 aliphatic carbocycles. The van der Waals surface area contributed by atoms with Crippen LogP contribution in [0.3, 0.4) is 0 Å². The first kappa shape index (κ1) is 21.6. The molecule has 1 saturated heterocycles. The van der Waals surface area contributed by atoms with Gasteiger partial charge in [0, 0.05) is 12.6 Å². The zero-order valence-corrected chi connectivity index (χ0v) is 15.1. The summed E-state index contributed by atoms with van der Waals surface area (Å²) in [6.07, 6.45) is 2.93. The van der Waals surface area contributed by atoms with Gasteiger partial charge in [0.25, 0.3) is 0 Å². The first-order valence-corrected chi connectivity index (χ1v) is 8.12. The zero-order chi connectivity index (χ0) is 17.5. The summed E-state index contributed by atoms with van der Waals surface area (Å²) in [7, 11) is 1.86. The van der Waals surface area contributed by atoms with Crippen LogP contribution in [0, 0.1) is 0 Å². The number of carboxylic acid groups (broad SMARTS) is 1. The standard InChI is InChI=1S/C17H24F2N2O3.ClH/c1-20(12-16(22)23)14-3-2-9-21(10-8-14)11-13-4-6-15(7-5-13)24-17(18)19;/h4-7,14,17H,2-3,8-12H2,1H3,(H,22,23);1H. The van der Waals surface area contributed by atoms with Crippen molar-refractivity contribution >= 4 is 18.4 Å². The molecule has 0 saturated carbocycles. The number of rotatable bonds is 7. The first-order chi connectivity index (χ1) is 11.4. The minimum Gasteiger partial charge on any atom is -0.480 e. The van der Waals surface area contributed by atoms with E-state index in [4.69, 9.17) is 5.11 Å². The summed E-state index contributed by atoms with van der Waals surface area (Å²) in [6.45, 7) is -0.141. The van der Waals surface area contributed by atoms with E-state index >= 15 is 0 Å². The van der Waals surface area contributed by atoms with Crippen LogP contribution in [0.4, 0.5) is 8.78 Å². The Hall–Kier alpha value is -1.44. The number of aliphatic carboxylic acids is 1. The van der Waals surface area contributed by atoms with E-state index in [0.717, 1.165) is 44.5 Å². The van der Waals surface area contributed by atoms with E-state index in [1.165, 1.54) is 0 Å². The first-order valence-electron chi connectivity index (χ1n) is 8.12. The van der Waals surface area contributed by atoms with Crippen molar-refractivity contribution in [2.45, 2.75) is 38.5 Å². The molecule has 8 heteroatoms. The predicted octanol–water partition coefficient (Wildman–Crippen LogP) is 3.08. The molecule has 1 aromatic carbocycles. The van der Waals surface area contributed by atoms with Gasteiger partial charge in [0.1, 0.15) is 5.75 Å². The van der Waals surface area contributed by atoms with Crippen molar-refractivity contribution in [1.29, 1.82) is 0 Å². The molecular formula is C17H25ClF2N2O3. The van der Waals surface area contributed by atoms with E-state index in [-0.39, 0.29) is 30.7 Å². The molecule has 25 heavy (non-hydrogen) atoms. The summed E-state index contributed by atoms with van der Waals surface area (Å²) in [5.41, 5.74) is 1.05. The minimum absolute atomic E-state index is 0. The molecule has 0 spiro atoms. The highest BCUT2D eigenvalue weighted by Gasteiger charge is 2.21. The summed E-state index contributed by atoms with van der Waals surface area (Å²) in [5, 5.41) is 8.90. The monoisotopic (exact) mass is 378 g/mol. The number of carboxylic acids is 1. The molecule has 2 rings (SSSR count). The third-order valence-corrected chi connectivity index (χ3v) is 4.35. The van der Waals surface area contributed by atoms with Crippen LogP contribution < -0.4 is 4.74 Å². The van der Waals surface area contributed by atoms with Crippen molar-refractivity contribution in [2.75, 3.05) is 26.7 Å². The molecule has 1 fully saturated rings. The van der Waals surface area contributed by atoms with E-state index in [0.29, 0.717) is 0 Å². The number of ether oxygens (including phenoxy) is 1. The summed E-state index contributed by atoms with van der Waals surface area (Å²) in [5.74, 6) is -0.635. The number of alkyl halides is 2. The van der Waals surface area contributed by atoms with Crippen LogP contribution >= 0.6 is 12.4 Å². The van der Waals surface area contributed by atoms with Crippen molar-refractivity contribution in [1.82, 2.24) is 9.80 Å². The number of carbonyl (C=O) groups is 1. The van der Waals surface area contributed by atoms with Gasteiger partial charge in [0.15, 0.2) is 0 Å². The lowest BCUT2D eigenvalue weighted by Crippen LogP contribution is -2.36. The summed E-state index contributed by atoms with van der Waals surface area (Å²) in [4.78, 5) is 15.1. The smallest absolute Gasteiger partial charge is 0.387 e. The van der Waals surface area contributed by atoms with Crippen molar-refractivity contribution in [3.8, 4) is 5.75 Å². The topological polar surface area (TPSA) is 53.0 Å². The molecule has 0 bridgehead atoms. The predicted molar refractivity (Wildman–Crippen MR) is 93.5 cm³/mol. The van der Waals surface area contributed by atoms with Crippen molar-refractivity contribution in [2.24, 2.45) is 0 Å². The Bertz CT molecular complexity index is 531. The Morgan fingerprint density at radius 3 is 2.60 bits per heavy atom. The summed E-state index contributed by atoms with van der Waals surface area (Å²) in [6, 6.07) is 7.01.